The lowest BCUT2D eigenvalue weighted by molar-refractivity contribution is -0.143. The van der Waals surface area contributed by atoms with E-state index in [1.54, 1.807) is 0 Å². The number of halogens is 7. The SMILES string of the molecule is O=S(=O)(Cl)CCc1cc(C(F)(F)F)cc(C(F)(F)F)c1. The highest BCUT2D eigenvalue weighted by Crippen LogP contribution is 2.36. The maximum Gasteiger partial charge on any atom is 0.416 e. The Kier molecular flexibility index (Phi) is 4.65. The van der Waals surface area contributed by atoms with Crippen molar-refractivity contribution < 1.29 is 34.8 Å². The van der Waals surface area contributed by atoms with Crippen LogP contribution in [-0.4, -0.2) is 14.2 Å². The smallest absolute Gasteiger partial charge is 0.212 e. The van der Waals surface area contributed by atoms with Gasteiger partial charge < -0.3 is 0 Å². The van der Waals surface area contributed by atoms with Crippen LogP contribution < -0.4 is 0 Å². The summed E-state index contributed by atoms with van der Waals surface area (Å²) in [6.07, 6.45) is -10.5. The summed E-state index contributed by atoms with van der Waals surface area (Å²) in [5.74, 6) is -0.757. The maximum absolute atomic E-state index is 12.5. The second kappa shape index (κ2) is 5.44. The Bertz CT molecular complexity index is 558. The van der Waals surface area contributed by atoms with Crippen molar-refractivity contribution in [1.29, 1.82) is 0 Å². The zero-order valence-electron chi connectivity index (χ0n) is 9.52. The van der Waals surface area contributed by atoms with E-state index < -0.39 is 50.3 Å². The van der Waals surface area contributed by atoms with Crippen molar-refractivity contribution in [2.24, 2.45) is 0 Å². The van der Waals surface area contributed by atoms with Gasteiger partial charge in [0.25, 0.3) is 0 Å². The largest absolute Gasteiger partial charge is 0.416 e. The van der Waals surface area contributed by atoms with Crippen molar-refractivity contribution >= 4 is 19.7 Å². The molecule has 0 unspecified atom stereocenters. The predicted octanol–water partition coefficient (Wildman–Crippen LogP) is 3.84. The third-order valence-electron chi connectivity index (χ3n) is 2.28. The van der Waals surface area contributed by atoms with E-state index in [2.05, 4.69) is 0 Å². The van der Waals surface area contributed by atoms with Crippen molar-refractivity contribution in [3.8, 4) is 0 Å². The van der Waals surface area contributed by atoms with Crippen molar-refractivity contribution in [1.82, 2.24) is 0 Å². The summed E-state index contributed by atoms with van der Waals surface area (Å²) in [5.41, 5.74) is -3.39. The van der Waals surface area contributed by atoms with E-state index in [1.807, 2.05) is 0 Å². The molecule has 0 saturated heterocycles. The Labute approximate surface area is 114 Å². The van der Waals surface area contributed by atoms with Crippen LogP contribution in [0, 0.1) is 0 Å². The topological polar surface area (TPSA) is 34.1 Å². The first-order valence-electron chi connectivity index (χ1n) is 5.00. The summed E-state index contributed by atoms with van der Waals surface area (Å²) in [4.78, 5) is 0. The van der Waals surface area contributed by atoms with Crippen molar-refractivity contribution in [3.63, 3.8) is 0 Å². The van der Waals surface area contributed by atoms with E-state index in [0.29, 0.717) is 12.1 Å². The van der Waals surface area contributed by atoms with Gasteiger partial charge >= 0.3 is 12.4 Å². The number of alkyl halides is 6. The minimum atomic E-state index is -4.96. The number of hydrogen-bond acceptors (Lipinski definition) is 2. The molecular formula is C10H7ClF6O2S. The molecule has 1 aromatic carbocycles. The van der Waals surface area contributed by atoms with E-state index in [1.165, 1.54) is 0 Å². The molecule has 0 radical (unpaired) electrons. The molecule has 0 N–H and O–H groups in total. The number of aryl methyl sites for hydroxylation is 1. The van der Waals surface area contributed by atoms with Crippen LogP contribution in [0.3, 0.4) is 0 Å². The van der Waals surface area contributed by atoms with E-state index in [4.69, 9.17) is 10.7 Å². The van der Waals surface area contributed by atoms with Crippen LogP contribution in [0.2, 0.25) is 0 Å². The molecule has 0 atom stereocenters. The van der Waals surface area contributed by atoms with Crippen LogP contribution in [0.1, 0.15) is 16.7 Å². The van der Waals surface area contributed by atoms with Gasteiger partial charge in [-0.25, -0.2) is 8.42 Å². The molecule has 114 valence electrons. The molecule has 0 amide bonds. The Morgan fingerprint density at radius 1 is 0.900 bits per heavy atom. The van der Waals surface area contributed by atoms with Crippen LogP contribution in [0.15, 0.2) is 18.2 Å². The van der Waals surface area contributed by atoms with E-state index in [9.17, 15) is 34.8 Å². The van der Waals surface area contributed by atoms with Crippen LogP contribution in [0.25, 0.3) is 0 Å². The first-order valence-corrected chi connectivity index (χ1v) is 7.47. The van der Waals surface area contributed by atoms with Crippen LogP contribution in [-0.2, 0) is 27.8 Å². The average molecular weight is 341 g/mol. The lowest BCUT2D eigenvalue weighted by Gasteiger charge is -2.13. The molecule has 2 nitrogen and oxygen atoms in total. The summed E-state index contributed by atoms with van der Waals surface area (Å²) in [5, 5.41) is 0. The molecule has 0 spiro atoms. The lowest BCUT2D eigenvalue weighted by atomic mass is 10.0. The predicted molar refractivity (Wildman–Crippen MR) is 59.8 cm³/mol. The van der Waals surface area contributed by atoms with Gasteiger partial charge in [-0.1, -0.05) is 0 Å². The molecule has 10 heteroatoms. The van der Waals surface area contributed by atoms with E-state index in [0.717, 1.165) is 0 Å². The van der Waals surface area contributed by atoms with Crippen LogP contribution in [0.5, 0.6) is 0 Å². The highest BCUT2D eigenvalue weighted by atomic mass is 35.7. The lowest BCUT2D eigenvalue weighted by Crippen LogP contribution is -2.12. The normalized spacial score (nSPS) is 13.6. The molecule has 0 aromatic heterocycles. The Hall–Kier alpha value is -0.960. The highest BCUT2D eigenvalue weighted by Gasteiger charge is 2.36. The van der Waals surface area contributed by atoms with Gasteiger partial charge in [-0.3, -0.25) is 0 Å². The molecule has 0 saturated carbocycles. The number of hydrogen-bond donors (Lipinski definition) is 0. The molecule has 0 bridgehead atoms. The summed E-state index contributed by atoms with van der Waals surface area (Å²) >= 11 is 0. The minimum absolute atomic E-state index is 0.0291. The fourth-order valence-electron chi connectivity index (χ4n) is 1.40. The van der Waals surface area contributed by atoms with Gasteiger partial charge in [0.15, 0.2) is 0 Å². The first-order chi connectivity index (χ1) is 8.79. The molecule has 1 aromatic rings. The summed E-state index contributed by atoms with van der Waals surface area (Å²) in [6, 6.07) is 0.910. The molecule has 20 heavy (non-hydrogen) atoms. The van der Waals surface area contributed by atoms with Gasteiger partial charge in [0.1, 0.15) is 0 Å². The number of benzene rings is 1. The van der Waals surface area contributed by atoms with Gasteiger partial charge in [-0.15, -0.1) is 0 Å². The third kappa shape index (κ3) is 5.20. The van der Waals surface area contributed by atoms with Crippen molar-refractivity contribution in [2.75, 3.05) is 5.75 Å². The van der Waals surface area contributed by atoms with Crippen molar-refractivity contribution in [2.45, 2.75) is 18.8 Å². The Morgan fingerprint density at radius 3 is 1.60 bits per heavy atom. The monoisotopic (exact) mass is 340 g/mol. The fraction of sp³-hybridized carbons (Fsp3) is 0.400. The summed E-state index contributed by atoms with van der Waals surface area (Å²) in [6.45, 7) is 0. The van der Waals surface area contributed by atoms with E-state index in [-0.39, 0.29) is 6.07 Å². The maximum atomic E-state index is 12.5. The van der Waals surface area contributed by atoms with Gasteiger partial charge in [0.05, 0.1) is 16.9 Å². The summed E-state index contributed by atoms with van der Waals surface area (Å²) < 4.78 is 96.4. The first kappa shape index (κ1) is 17.1. The van der Waals surface area contributed by atoms with Gasteiger partial charge in [-0.2, -0.15) is 26.3 Å². The average Bonchev–Trinajstić information content (AvgIpc) is 2.22. The zero-order valence-corrected chi connectivity index (χ0v) is 11.1. The minimum Gasteiger partial charge on any atom is -0.212 e. The van der Waals surface area contributed by atoms with E-state index >= 15 is 0 Å². The molecule has 0 fully saturated rings. The van der Waals surface area contributed by atoms with Crippen molar-refractivity contribution in [3.05, 3.63) is 34.9 Å². The highest BCUT2D eigenvalue weighted by molar-refractivity contribution is 8.13. The van der Waals surface area contributed by atoms with Gasteiger partial charge in [0, 0.05) is 10.7 Å². The fourth-order valence-corrected chi connectivity index (χ4v) is 2.11. The zero-order chi connectivity index (χ0) is 15.8. The van der Waals surface area contributed by atoms with Crippen LogP contribution >= 0.6 is 10.7 Å². The molecule has 0 aliphatic carbocycles. The van der Waals surface area contributed by atoms with Crippen LogP contribution in [0.4, 0.5) is 26.3 Å². The Morgan fingerprint density at radius 2 is 1.30 bits per heavy atom. The quantitative estimate of drug-likeness (QED) is 0.619. The number of rotatable bonds is 3. The standard InChI is InChI=1S/C10H7ClF6O2S/c11-20(18,19)2-1-6-3-7(9(12,13)14)5-8(4-6)10(15,16)17/h3-5H,1-2H2. The molecule has 1 rings (SSSR count). The van der Waals surface area contributed by atoms with Gasteiger partial charge in [-0.05, 0) is 30.2 Å². The second-order valence-corrected chi connectivity index (χ2v) is 6.80. The molecule has 0 heterocycles. The third-order valence-corrected chi connectivity index (χ3v) is 3.44. The molecule has 0 aliphatic heterocycles. The second-order valence-electron chi connectivity index (χ2n) is 3.91. The van der Waals surface area contributed by atoms with Gasteiger partial charge in [0.2, 0.25) is 9.05 Å². The summed E-state index contributed by atoms with van der Waals surface area (Å²) in [7, 11) is 0.861. The molecular weight excluding hydrogens is 334 g/mol. The Balaban J connectivity index is 3.24. The molecule has 0 aliphatic rings.